The average molecular weight is 401 g/mol. The van der Waals surface area contributed by atoms with Gasteiger partial charge in [-0.2, -0.15) is 0 Å². The highest BCUT2D eigenvalue weighted by atomic mass is 32.2. The van der Waals surface area contributed by atoms with Crippen molar-refractivity contribution < 1.29 is 14.0 Å². The van der Waals surface area contributed by atoms with Gasteiger partial charge >= 0.3 is 0 Å². The molecule has 6 heteroatoms. The Balaban J connectivity index is 1.62. The van der Waals surface area contributed by atoms with Crippen LogP contribution >= 0.6 is 11.8 Å². The molecule has 2 aromatic carbocycles. The molecule has 0 aliphatic heterocycles. The van der Waals surface area contributed by atoms with Crippen LogP contribution in [0.3, 0.4) is 0 Å². The Labute approximate surface area is 169 Å². The third kappa shape index (κ3) is 5.35. The van der Waals surface area contributed by atoms with Gasteiger partial charge in [-0.1, -0.05) is 31.4 Å². The van der Waals surface area contributed by atoms with Crippen molar-refractivity contribution in [2.24, 2.45) is 0 Å². The van der Waals surface area contributed by atoms with Crippen molar-refractivity contribution in [3.63, 3.8) is 0 Å². The lowest BCUT2D eigenvalue weighted by atomic mass is 9.94. The normalized spacial score (nSPS) is 14.5. The summed E-state index contributed by atoms with van der Waals surface area (Å²) >= 11 is 1.38. The fourth-order valence-corrected chi connectivity index (χ4v) is 4.40. The van der Waals surface area contributed by atoms with E-state index in [4.69, 9.17) is 0 Å². The molecule has 0 atom stereocenters. The minimum atomic E-state index is -0.352. The Kier molecular flexibility index (Phi) is 7.09. The number of anilines is 1. The number of rotatable bonds is 6. The molecule has 0 spiro atoms. The maximum absolute atomic E-state index is 13.0. The molecule has 2 aromatic rings. The summed E-state index contributed by atoms with van der Waals surface area (Å²) in [5, 5.41) is 2.77. The molecular formula is C22H25FN2O2S. The molecule has 28 heavy (non-hydrogen) atoms. The Bertz CT molecular complexity index is 820. The van der Waals surface area contributed by atoms with Crippen LogP contribution in [-0.2, 0) is 4.79 Å². The zero-order chi connectivity index (χ0) is 19.9. The molecule has 1 aliphatic rings. The highest BCUT2D eigenvalue weighted by Gasteiger charge is 2.22. The molecule has 0 saturated heterocycles. The first-order valence-electron chi connectivity index (χ1n) is 9.59. The van der Waals surface area contributed by atoms with Crippen LogP contribution in [0.25, 0.3) is 0 Å². The summed E-state index contributed by atoms with van der Waals surface area (Å²) in [5.74, 6) is -0.239. The van der Waals surface area contributed by atoms with E-state index in [2.05, 4.69) is 5.32 Å². The molecule has 0 bridgehead atoms. The van der Waals surface area contributed by atoms with Gasteiger partial charge in [0.05, 0.1) is 11.3 Å². The number of hydrogen-bond acceptors (Lipinski definition) is 3. The second-order valence-corrected chi connectivity index (χ2v) is 8.06. The summed E-state index contributed by atoms with van der Waals surface area (Å²) in [6.45, 7) is 0. The number of carbonyl (C=O) groups excluding carboxylic acids is 2. The van der Waals surface area contributed by atoms with Gasteiger partial charge in [-0.25, -0.2) is 4.39 Å². The number of halogens is 1. The first-order valence-corrected chi connectivity index (χ1v) is 10.6. The van der Waals surface area contributed by atoms with E-state index in [1.54, 1.807) is 12.1 Å². The monoisotopic (exact) mass is 400 g/mol. The largest absolute Gasteiger partial charge is 0.342 e. The van der Waals surface area contributed by atoms with Crippen molar-refractivity contribution in [1.29, 1.82) is 0 Å². The molecule has 0 unspecified atom stereocenters. The Hall–Kier alpha value is -2.34. The number of benzene rings is 2. The fourth-order valence-electron chi connectivity index (χ4n) is 3.43. The summed E-state index contributed by atoms with van der Waals surface area (Å²) < 4.78 is 13.0. The first kappa shape index (κ1) is 20.4. The maximum atomic E-state index is 13.0. The van der Waals surface area contributed by atoms with Crippen molar-refractivity contribution in [1.82, 2.24) is 4.90 Å². The summed E-state index contributed by atoms with van der Waals surface area (Å²) in [6.07, 6.45) is 5.76. The van der Waals surface area contributed by atoms with Crippen LogP contribution in [0, 0.1) is 5.82 Å². The van der Waals surface area contributed by atoms with Crippen molar-refractivity contribution in [2.75, 3.05) is 18.1 Å². The Morgan fingerprint density at radius 3 is 2.46 bits per heavy atom. The predicted octanol–water partition coefficient (Wildman–Crippen LogP) is 4.96. The van der Waals surface area contributed by atoms with Gasteiger partial charge in [0.2, 0.25) is 5.91 Å². The summed E-state index contributed by atoms with van der Waals surface area (Å²) in [7, 11) is 1.88. The molecule has 0 aromatic heterocycles. The van der Waals surface area contributed by atoms with Crippen molar-refractivity contribution >= 4 is 29.3 Å². The number of carbonyl (C=O) groups is 2. The molecule has 4 nitrogen and oxygen atoms in total. The Morgan fingerprint density at radius 2 is 1.75 bits per heavy atom. The van der Waals surface area contributed by atoms with E-state index in [9.17, 15) is 14.0 Å². The van der Waals surface area contributed by atoms with Crippen LogP contribution in [-0.4, -0.2) is 35.6 Å². The number of thioether (sulfide) groups is 1. The molecule has 1 N–H and O–H groups in total. The van der Waals surface area contributed by atoms with Gasteiger partial charge in [-0.05, 0) is 49.2 Å². The summed E-state index contributed by atoms with van der Waals surface area (Å²) in [5.41, 5.74) is 1.03. The molecule has 1 saturated carbocycles. The van der Waals surface area contributed by atoms with Gasteiger partial charge in [-0.15, -0.1) is 11.8 Å². The zero-order valence-electron chi connectivity index (χ0n) is 16.0. The van der Waals surface area contributed by atoms with Crippen LogP contribution in [0.1, 0.15) is 42.5 Å². The highest BCUT2D eigenvalue weighted by Crippen LogP contribution is 2.26. The van der Waals surface area contributed by atoms with Crippen LogP contribution in [0.4, 0.5) is 10.1 Å². The summed E-state index contributed by atoms with van der Waals surface area (Å²) in [4.78, 5) is 27.8. The molecule has 1 fully saturated rings. The SMILES string of the molecule is CN(C(=O)CSc1ccccc1C(=O)Nc1ccc(F)cc1)C1CCCCC1. The number of hydrogen-bond donors (Lipinski definition) is 1. The van der Waals surface area contributed by atoms with Crippen LogP contribution in [0.5, 0.6) is 0 Å². The minimum absolute atomic E-state index is 0.0886. The number of nitrogens with one attached hydrogen (secondary N) is 1. The Morgan fingerprint density at radius 1 is 1.07 bits per heavy atom. The van der Waals surface area contributed by atoms with E-state index in [-0.39, 0.29) is 17.6 Å². The lowest BCUT2D eigenvalue weighted by molar-refractivity contribution is -0.129. The van der Waals surface area contributed by atoms with Crippen molar-refractivity contribution in [2.45, 2.75) is 43.0 Å². The third-order valence-corrected chi connectivity index (χ3v) is 6.16. The smallest absolute Gasteiger partial charge is 0.256 e. The highest BCUT2D eigenvalue weighted by molar-refractivity contribution is 8.00. The molecule has 1 aliphatic carbocycles. The molecule has 0 heterocycles. The lowest BCUT2D eigenvalue weighted by Crippen LogP contribution is -2.39. The van der Waals surface area contributed by atoms with Gasteiger partial charge in [0.15, 0.2) is 0 Å². The zero-order valence-corrected chi connectivity index (χ0v) is 16.8. The van der Waals surface area contributed by atoms with Crippen molar-refractivity contribution in [3.8, 4) is 0 Å². The second kappa shape index (κ2) is 9.73. The standard InChI is InChI=1S/C22H25FN2O2S/c1-25(18-7-3-2-4-8-18)21(26)15-28-20-10-6-5-9-19(20)22(27)24-17-13-11-16(23)12-14-17/h5-6,9-14,18H,2-4,7-8,15H2,1H3,(H,24,27). The van der Waals surface area contributed by atoms with Gasteiger partial charge in [0, 0.05) is 23.7 Å². The molecular weight excluding hydrogens is 375 g/mol. The van der Waals surface area contributed by atoms with Gasteiger partial charge < -0.3 is 10.2 Å². The fraction of sp³-hybridized carbons (Fsp3) is 0.364. The van der Waals surface area contributed by atoms with Crippen LogP contribution < -0.4 is 5.32 Å². The first-order chi connectivity index (χ1) is 13.5. The topological polar surface area (TPSA) is 49.4 Å². The minimum Gasteiger partial charge on any atom is -0.342 e. The van der Waals surface area contributed by atoms with E-state index in [0.29, 0.717) is 23.0 Å². The van der Waals surface area contributed by atoms with Crippen LogP contribution in [0.15, 0.2) is 53.4 Å². The molecule has 2 amide bonds. The second-order valence-electron chi connectivity index (χ2n) is 7.04. The van der Waals surface area contributed by atoms with Gasteiger partial charge in [0.1, 0.15) is 5.82 Å². The van der Waals surface area contributed by atoms with E-state index >= 15 is 0 Å². The third-order valence-electron chi connectivity index (χ3n) is 5.10. The molecule has 0 radical (unpaired) electrons. The lowest BCUT2D eigenvalue weighted by Gasteiger charge is -2.31. The van der Waals surface area contributed by atoms with Gasteiger partial charge in [0.25, 0.3) is 5.91 Å². The average Bonchev–Trinajstić information content (AvgIpc) is 2.74. The molecule has 3 rings (SSSR count). The quantitative estimate of drug-likeness (QED) is 0.697. The summed E-state index contributed by atoms with van der Waals surface area (Å²) in [6, 6.07) is 13.2. The van der Waals surface area contributed by atoms with Gasteiger partial charge in [-0.3, -0.25) is 9.59 Å². The van der Waals surface area contributed by atoms with E-state index in [1.807, 2.05) is 24.1 Å². The van der Waals surface area contributed by atoms with E-state index in [1.165, 1.54) is 55.3 Å². The van der Waals surface area contributed by atoms with E-state index in [0.717, 1.165) is 17.7 Å². The maximum Gasteiger partial charge on any atom is 0.256 e. The number of amides is 2. The number of nitrogens with zero attached hydrogens (tertiary/aromatic N) is 1. The predicted molar refractivity (Wildman–Crippen MR) is 111 cm³/mol. The van der Waals surface area contributed by atoms with E-state index < -0.39 is 0 Å². The molecule has 148 valence electrons. The van der Waals surface area contributed by atoms with Crippen LogP contribution in [0.2, 0.25) is 0 Å². The van der Waals surface area contributed by atoms with Crippen molar-refractivity contribution in [3.05, 3.63) is 59.9 Å².